The zero-order valence-corrected chi connectivity index (χ0v) is 14.1. The lowest BCUT2D eigenvalue weighted by molar-refractivity contribution is -0.140. The Morgan fingerprint density at radius 3 is 2.92 bits per heavy atom. The first-order valence-corrected chi connectivity index (χ1v) is 8.16. The third-order valence-corrected chi connectivity index (χ3v) is 4.50. The second-order valence-corrected chi connectivity index (χ2v) is 6.26. The molecule has 3 aromatic rings. The molecule has 24 heavy (non-hydrogen) atoms. The zero-order chi connectivity index (χ0) is 17.1. The molecule has 0 radical (unpaired) electrons. The van der Waals surface area contributed by atoms with Gasteiger partial charge in [-0.2, -0.15) is 0 Å². The van der Waals surface area contributed by atoms with Crippen molar-refractivity contribution in [2.24, 2.45) is 0 Å². The van der Waals surface area contributed by atoms with E-state index in [2.05, 4.69) is 25.0 Å². The lowest BCUT2D eigenvalue weighted by Gasteiger charge is -2.00. The summed E-state index contributed by atoms with van der Waals surface area (Å²) in [6.45, 7) is 1.79. The Labute approximate surface area is 142 Å². The predicted octanol–water partition coefficient (Wildman–Crippen LogP) is 2.69. The van der Waals surface area contributed by atoms with Crippen LogP contribution in [0, 0.1) is 6.92 Å². The molecule has 2 heterocycles. The Bertz CT molecular complexity index is 900. The molecule has 2 N–H and O–H groups in total. The highest BCUT2D eigenvalue weighted by atomic mass is 32.1. The van der Waals surface area contributed by atoms with Gasteiger partial charge in [0.2, 0.25) is 0 Å². The Kier molecular flexibility index (Phi) is 4.57. The average molecular weight is 344 g/mol. The molecule has 0 bridgehead atoms. The maximum Gasteiger partial charge on any atom is 0.305 e. The van der Waals surface area contributed by atoms with Gasteiger partial charge < -0.3 is 9.72 Å². The van der Waals surface area contributed by atoms with Gasteiger partial charge in [-0.05, 0) is 31.0 Å². The Morgan fingerprint density at radius 1 is 1.38 bits per heavy atom. The number of hydrogen-bond acceptors (Lipinski definition) is 6. The first-order chi connectivity index (χ1) is 11.6. The smallest absolute Gasteiger partial charge is 0.305 e. The number of ether oxygens (including phenoxy) is 1. The van der Waals surface area contributed by atoms with E-state index >= 15 is 0 Å². The molecule has 3 rings (SSSR count). The van der Waals surface area contributed by atoms with Crippen molar-refractivity contribution in [3.05, 3.63) is 41.5 Å². The quantitative estimate of drug-likeness (QED) is 0.694. The number of carbonyl (C=O) groups excluding carboxylic acids is 2. The van der Waals surface area contributed by atoms with Crippen LogP contribution in [-0.4, -0.2) is 33.9 Å². The number of anilines is 1. The lowest BCUT2D eigenvalue weighted by atomic mass is 10.1. The second kappa shape index (κ2) is 6.79. The van der Waals surface area contributed by atoms with Crippen LogP contribution in [0.1, 0.15) is 28.2 Å². The van der Waals surface area contributed by atoms with Crippen LogP contribution in [0.25, 0.3) is 10.2 Å². The molecule has 0 atom stereocenters. The number of H-pyrrole nitrogens is 1. The molecule has 0 aliphatic heterocycles. The van der Waals surface area contributed by atoms with Gasteiger partial charge in [0.1, 0.15) is 5.69 Å². The molecule has 0 fully saturated rings. The molecule has 0 spiro atoms. The summed E-state index contributed by atoms with van der Waals surface area (Å²) in [7, 11) is 1.38. The summed E-state index contributed by atoms with van der Waals surface area (Å²) in [6.07, 6.45) is 2.42. The van der Waals surface area contributed by atoms with Crippen molar-refractivity contribution < 1.29 is 14.3 Å². The van der Waals surface area contributed by atoms with Crippen molar-refractivity contribution in [3.8, 4) is 0 Å². The number of imidazole rings is 1. The number of aromatic nitrogens is 3. The van der Waals surface area contributed by atoms with Crippen molar-refractivity contribution in [3.63, 3.8) is 0 Å². The summed E-state index contributed by atoms with van der Waals surface area (Å²) in [6, 6.07) is 5.79. The van der Waals surface area contributed by atoms with Gasteiger partial charge in [0.25, 0.3) is 5.91 Å². The first kappa shape index (κ1) is 16.1. The van der Waals surface area contributed by atoms with E-state index in [9.17, 15) is 9.59 Å². The molecule has 0 saturated heterocycles. The van der Waals surface area contributed by atoms with Crippen LogP contribution in [0.2, 0.25) is 0 Å². The van der Waals surface area contributed by atoms with Crippen LogP contribution in [0.5, 0.6) is 0 Å². The topological polar surface area (TPSA) is 97.0 Å². The molecule has 2 aromatic heterocycles. The fourth-order valence-electron chi connectivity index (χ4n) is 2.27. The fourth-order valence-corrected chi connectivity index (χ4v) is 3.20. The van der Waals surface area contributed by atoms with Gasteiger partial charge in [0.05, 0.1) is 23.7 Å². The summed E-state index contributed by atoms with van der Waals surface area (Å²) in [4.78, 5) is 34.7. The number of esters is 1. The number of fused-ring (bicyclic) bond motifs is 1. The SMILES string of the molecule is COC(=O)CCc1ccc2nc(NC(=O)c3nc[nH]c3C)sc2c1. The van der Waals surface area contributed by atoms with E-state index in [1.807, 2.05) is 18.2 Å². The highest BCUT2D eigenvalue weighted by molar-refractivity contribution is 7.22. The van der Waals surface area contributed by atoms with Crippen LogP contribution >= 0.6 is 11.3 Å². The number of methoxy groups -OCH3 is 1. The minimum absolute atomic E-state index is 0.235. The van der Waals surface area contributed by atoms with E-state index in [1.165, 1.54) is 24.8 Å². The predicted molar refractivity (Wildman–Crippen MR) is 91.2 cm³/mol. The summed E-state index contributed by atoms with van der Waals surface area (Å²) >= 11 is 1.39. The summed E-state index contributed by atoms with van der Waals surface area (Å²) < 4.78 is 5.60. The van der Waals surface area contributed by atoms with Crippen LogP contribution in [0.3, 0.4) is 0 Å². The third-order valence-electron chi connectivity index (χ3n) is 3.56. The molecule has 1 amide bonds. The van der Waals surface area contributed by atoms with Crippen LogP contribution in [-0.2, 0) is 16.0 Å². The van der Waals surface area contributed by atoms with E-state index in [-0.39, 0.29) is 11.9 Å². The maximum absolute atomic E-state index is 12.2. The second-order valence-electron chi connectivity index (χ2n) is 5.23. The summed E-state index contributed by atoms with van der Waals surface area (Å²) in [5, 5.41) is 3.28. The Morgan fingerprint density at radius 2 is 2.21 bits per heavy atom. The van der Waals surface area contributed by atoms with E-state index in [4.69, 9.17) is 0 Å². The van der Waals surface area contributed by atoms with Gasteiger partial charge in [-0.25, -0.2) is 9.97 Å². The number of amides is 1. The number of carbonyl (C=O) groups is 2. The van der Waals surface area contributed by atoms with E-state index in [1.54, 1.807) is 6.92 Å². The number of nitrogens with zero attached hydrogens (tertiary/aromatic N) is 2. The molecule has 0 saturated carbocycles. The number of aromatic amines is 1. The third kappa shape index (κ3) is 3.43. The van der Waals surface area contributed by atoms with Gasteiger partial charge >= 0.3 is 5.97 Å². The Balaban J connectivity index is 1.75. The number of hydrogen-bond donors (Lipinski definition) is 2. The maximum atomic E-state index is 12.2. The van der Waals surface area contributed by atoms with E-state index in [0.29, 0.717) is 29.4 Å². The molecule has 0 aliphatic carbocycles. The zero-order valence-electron chi connectivity index (χ0n) is 13.3. The Hall–Kier alpha value is -2.74. The van der Waals surface area contributed by atoms with Gasteiger partial charge in [-0.3, -0.25) is 14.9 Å². The molecule has 124 valence electrons. The molecule has 7 nitrogen and oxygen atoms in total. The van der Waals surface area contributed by atoms with E-state index in [0.717, 1.165) is 15.8 Å². The number of thiazole rings is 1. The van der Waals surface area contributed by atoms with Gasteiger partial charge in [-0.15, -0.1) is 0 Å². The minimum atomic E-state index is -0.293. The highest BCUT2D eigenvalue weighted by Gasteiger charge is 2.14. The molecular formula is C16H16N4O3S. The van der Waals surface area contributed by atoms with Crippen LogP contribution in [0.15, 0.2) is 24.5 Å². The molecule has 8 heteroatoms. The van der Waals surface area contributed by atoms with Crippen LogP contribution in [0.4, 0.5) is 5.13 Å². The monoisotopic (exact) mass is 344 g/mol. The number of benzene rings is 1. The van der Waals surface area contributed by atoms with Crippen molar-refractivity contribution in [1.82, 2.24) is 15.0 Å². The largest absolute Gasteiger partial charge is 0.469 e. The van der Waals surface area contributed by atoms with Crippen molar-refractivity contribution in [2.45, 2.75) is 19.8 Å². The first-order valence-electron chi connectivity index (χ1n) is 7.34. The highest BCUT2D eigenvalue weighted by Crippen LogP contribution is 2.27. The number of aryl methyl sites for hydroxylation is 2. The van der Waals surface area contributed by atoms with Crippen molar-refractivity contribution in [2.75, 3.05) is 12.4 Å². The van der Waals surface area contributed by atoms with Gasteiger partial charge in [0.15, 0.2) is 5.13 Å². The standard InChI is InChI=1S/C16H16N4O3S/c1-9-14(18-8-17-9)15(22)20-16-19-11-5-3-10(7-12(11)24-16)4-6-13(21)23-2/h3,5,7-8H,4,6H2,1-2H3,(H,17,18)(H,19,20,22). The fraction of sp³-hybridized carbons (Fsp3) is 0.250. The van der Waals surface area contributed by atoms with Gasteiger partial charge in [0, 0.05) is 12.1 Å². The minimum Gasteiger partial charge on any atom is -0.469 e. The molecular weight excluding hydrogens is 328 g/mol. The molecule has 1 aromatic carbocycles. The summed E-state index contributed by atoms with van der Waals surface area (Å²) in [5.74, 6) is -0.527. The normalized spacial score (nSPS) is 10.8. The number of rotatable bonds is 5. The molecule has 0 unspecified atom stereocenters. The van der Waals surface area contributed by atoms with Crippen molar-refractivity contribution >= 4 is 38.6 Å². The number of nitrogens with one attached hydrogen (secondary N) is 2. The lowest BCUT2D eigenvalue weighted by Crippen LogP contribution is -2.13. The van der Waals surface area contributed by atoms with Crippen molar-refractivity contribution in [1.29, 1.82) is 0 Å². The summed E-state index contributed by atoms with van der Waals surface area (Å²) in [5.41, 5.74) is 2.89. The average Bonchev–Trinajstić information content (AvgIpc) is 3.17. The van der Waals surface area contributed by atoms with Crippen LogP contribution < -0.4 is 5.32 Å². The molecule has 0 aliphatic rings. The van der Waals surface area contributed by atoms with Gasteiger partial charge in [-0.1, -0.05) is 17.4 Å². The van der Waals surface area contributed by atoms with E-state index < -0.39 is 0 Å².